The van der Waals surface area contributed by atoms with Crippen molar-refractivity contribution in [3.05, 3.63) is 0 Å². The van der Waals surface area contributed by atoms with Crippen LogP contribution in [-0.2, 0) is 10.8 Å². The molecule has 2 saturated carbocycles. The molecule has 124 valence electrons. The van der Waals surface area contributed by atoms with E-state index in [4.69, 9.17) is 0 Å². The van der Waals surface area contributed by atoms with Gasteiger partial charge in [0, 0.05) is 22.8 Å². The third-order valence-corrected chi connectivity index (χ3v) is 7.88. The van der Waals surface area contributed by atoms with E-state index < -0.39 is 10.8 Å². The van der Waals surface area contributed by atoms with Crippen molar-refractivity contribution >= 4 is 10.8 Å². The lowest BCUT2D eigenvalue weighted by molar-refractivity contribution is -0.0666. The first-order valence-electron chi connectivity index (χ1n) is 9.18. The van der Waals surface area contributed by atoms with Crippen LogP contribution in [0.4, 0.5) is 0 Å². The van der Waals surface area contributed by atoms with E-state index in [9.17, 15) is 4.21 Å². The van der Waals surface area contributed by atoms with Crippen molar-refractivity contribution in [3.8, 4) is 0 Å². The Hall–Kier alpha value is 0.150. The molecule has 0 N–H and O–H groups in total. The summed E-state index contributed by atoms with van der Waals surface area (Å²) < 4.78 is 11.5. The maximum atomic E-state index is 11.5. The van der Waals surface area contributed by atoms with E-state index in [0.717, 1.165) is 29.4 Å². The summed E-state index contributed by atoms with van der Waals surface area (Å²) in [7, 11) is -0.637. The van der Waals surface area contributed by atoms with Crippen LogP contribution < -0.4 is 0 Å². The minimum absolute atomic E-state index is 0.584. The summed E-state index contributed by atoms with van der Waals surface area (Å²) in [5, 5.41) is 0. The summed E-state index contributed by atoms with van der Waals surface area (Å²) in [6, 6.07) is 0. The second kappa shape index (κ2) is 7.15. The average molecular weight is 313 g/mol. The van der Waals surface area contributed by atoms with E-state index in [0.29, 0.717) is 11.3 Å². The van der Waals surface area contributed by atoms with Crippen LogP contribution in [0, 0.1) is 35.0 Å². The molecule has 2 heteroatoms. The molecule has 2 aliphatic rings. The van der Waals surface area contributed by atoms with Crippen molar-refractivity contribution in [2.45, 2.75) is 72.6 Å². The lowest BCUT2D eigenvalue weighted by atomic mass is 9.49. The Morgan fingerprint density at radius 1 is 1.29 bits per heavy atom. The molecule has 1 nitrogen and oxygen atoms in total. The highest BCUT2D eigenvalue weighted by Crippen LogP contribution is 2.58. The van der Waals surface area contributed by atoms with Crippen LogP contribution >= 0.6 is 0 Å². The van der Waals surface area contributed by atoms with Crippen LogP contribution in [0.2, 0.25) is 0 Å². The Labute approximate surface area is 135 Å². The smallest absolute Gasteiger partial charge is 0.0257 e. The van der Waals surface area contributed by atoms with Gasteiger partial charge in [0.25, 0.3) is 0 Å². The van der Waals surface area contributed by atoms with E-state index in [1.807, 2.05) is 6.26 Å². The minimum Gasteiger partial charge on any atom is -0.260 e. The Balaban J connectivity index is 2.09. The highest BCUT2D eigenvalue weighted by atomic mass is 32.2. The van der Waals surface area contributed by atoms with Gasteiger partial charge in [-0.15, -0.1) is 0 Å². The summed E-state index contributed by atoms with van der Waals surface area (Å²) in [4.78, 5) is 0. The number of rotatable bonds is 5. The Kier molecular flexibility index (Phi) is 5.96. The Morgan fingerprint density at radius 2 is 2.00 bits per heavy atom. The first-order chi connectivity index (χ1) is 9.88. The van der Waals surface area contributed by atoms with Gasteiger partial charge in [0.05, 0.1) is 0 Å². The van der Waals surface area contributed by atoms with Gasteiger partial charge in [-0.05, 0) is 60.7 Å². The monoisotopic (exact) mass is 312 g/mol. The van der Waals surface area contributed by atoms with Gasteiger partial charge < -0.3 is 0 Å². The van der Waals surface area contributed by atoms with Crippen molar-refractivity contribution in [1.82, 2.24) is 0 Å². The summed E-state index contributed by atoms with van der Waals surface area (Å²) >= 11 is 0. The Bertz CT molecular complexity index is 367. The summed E-state index contributed by atoms with van der Waals surface area (Å²) in [5.41, 5.74) is 0.584. The average Bonchev–Trinajstić information content (AvgIpc) is 2.37. The lowest BCUT2D eigenvalue weighted by Crippen LogP contribution is -2.48. The zero-order chi connectivity index (χ0) is 15.6. The fraction of sp³-hybridized carbons (Fsp3) is 1.00. The molecular formula is C19H36OS. The first-order valence-corrected chi connectivity index (χ1v) is 10.9. The van der Waals surface area contributed by atoms with Gasteiger partial charge in [0.15, 0.2) is 0 Å². The molecule has 0 aliphatic heterocycles. The molecule has 2 aliphatic carbocycles. The maximum absolute atomic E-state index is 11.5. The predicted octanol–water partition coefficient (Wildman–Crippen LogP) is 5.27. The van der Waals surface area contributed by atoms with Crippen molar-refractivity contribution in [3.63, 3.8) is 0 Å². The van der Waals surface area contributed by atoms with Crippen molar-refractivity contribution < 1.29 is 4.21 Å². The van der Waals surface area contributed by atoms with Crippen LogP contribution in [0.1, 0.15) is 72.6 Å². The molecular weight excluding hydrogens is 276 g/mol. The summed E-state index contributed by atoms with van der Waals surface area (Å²) in [6.45, 7) is 9.83. The number of fused-ring (bicyclic) bond motifs is 1. The van der Waals surface area contributed by atoms with Gasteiger partial charge in [0.1, 0.15) is 0 Å². The van der Waals surface area contributed by atoms with E-state index in [1.54, 1.807) is 0 Å². The van der Waals surface area contributed by atoms with Crippen molar-refractivity contribution in [2.24, 2.45) is 35.0 Å². The SMILES string of the molecule is CC[C@@H]1C(C[C@H](C)CS(C)=O)CC[C@@H]2[C@@H](C)CCC[C@@]12C. The molecule has 0 spiro atoms. The zero-order valence-corrected chi connectivity index (χ0v) is 15.7. The number of hydrogen-bond donors (Lipinski definition) is 0. The van der Waals surface area contributed by atoms with Crippen LogP contribution in [0.3, 0.4) is 0 Å². The van der Waals surface area contributed by atoms with Crippen LogP contribution in [0.15, 0.2) is 0 Å². The van der Waals surface area contributed by atoms with Gasteiger partial charge in [-0.1, -0.05) is 47.0 Å². The fourth-order valence-electron chi connectivity index (χ4n) is 6.12. The molecule has 21 heavy (non-hydrogen) atoms. The van der Waals surface area contributed by atoms with Gasteiger partial charge >= 0.3 is 0 Å². The van der Waals surface area contributed by atoms with Crippen LogP contribution in [-0.4, -0.2) is 16.2 Å². The normalized spacial score (nSPS) is 43.1. The molecule has 0 aromatic rings. The molecule has 0 radical (unpaired) electrons. The quantitative estimate of drug-likeness (QED) is 0.676. The van der Waals surface area contributed by atoms with E-state index in [1.165, 1.54) is 44.9 Å². The predicted molar refractivity (Wildman–Crippen MR) is 93.8 cm³/mol. The first kappa shape index (κ1) is 17.5. The molecule has 2 fully saturated rings. The second-order valence-corrected chi connectivity index (χ2v) is 9.89. The van der Waals surface area contributed by atoms with Crippen LogP contribution in [0.5, 0.6) is 0 Å². The highest BCUT2D eigenvalue weighted by molar-refractivity contribution is 7.84. The second-order valence-electron chi connectivity index (χ2n) is 8.41. The fourth-order valence-corrected chi connectivity index (χ4v) is 7.05. The standard InChI is InChI=1S/C19H36OS/c1-6-17-16(12-14(2)13-21(5)20)9-10-18-15(3)8-7-11-19(17,18)4/h14-18H,6-13H2,1-5H3/t14-,15-,16?,17+,18+,19-,21?/m0/s1. The maximum Gasteiger partial charge on any atom is 0.0257 e. The molecule has 0 bridgehead atoms. The molecule has 0 heterocycles. The molecule has 2 rings (SSSR count). The van der Waals surface area contributed by atoms with Gasteiger partial charge in [0.2, 0.25) is 0 Å². The molecule has 0 amide bonds. The lowest BCUT2D eigenvalue weighted by Gasteiger charge is -2.56. The number of hydrogen-bond acceptors (Lipinski definition) is 1. The van der Waals surface area contributed by atoms with Crippen molar-refractivity contribution in [2.75, 3.05) is 12.0 Å². The van der Waals surface area contributed by atoms with Gasteiger partial charge in [-0.2, -0.15) is 0 Å². The third kappa shape index (κ3) is 3.74. The van der Waals surface area contributed by atoms with Crippen molar-refractivity contribution in [1.29, 1.82) is 0 Å². The molecule has 2 unspecified atom stereocenters. The van der Waals surface area contributed by atoms with E-state index in [2.05, 4.69) is 27.7 Å². The highest BCUT2D eigenvalue weighted by Gasteiger charge is 2.50. The van der Waals surface area contributed by atoms with E-state index in [-0.39, 0.29) is 0 Å². The third-order valence-electron chi connectivity index (χ3n) is 6.84. The molecule has 7 atom stereocenters. The molecule has 0 aromatic carbocycles. The topological polar surface area (TPSA) is 17.1 Å². The zero-order valence-electron chi connectivity index (χ0n) is 14.9. The largest absolute Gasteiger partial charge is 0.260 e. The molecule has 0 saturated heterocycles. The van der Waals surface area contributed by atoms with Gasteiger partial charge in [-0.25, -0.2) is 0 Å². The molecule has 0 aromatic heterocycles. The minimum atomic E-state index is -0.637. The van der Waals surface area contributed by atoms with Gasteiger partial charge in [-0.3, -0.25) is 4.21 Å². The summed E-state index contributed by atoms with van der Waals surface area (Å²) in [6.07, 6.45) is 11.7. The summed E-state index contributed by atoms with van der Waals surface area (Å²) in [5.74, 6) is 5.17. The van der Waals surface area contributed by atoms with E-state index >= 15 is 0 Å². The Morgan fingerprint density at radius 3 is 2.62 bits per heavy atom. The van der Waals surface area contributed by atoms with Crippen LogP contribution in [0.25, 0.3) is 0 Å².